The Bertz CT molecular complexity index is 157. The van der Waals surface area contributed by atoms with Crippen molar-refractivity contribution in [2.24, 2.45) is 5.92 Å². The summed E-state index contributed by atoms with van der Waals surface area (Å²) in [5, 5.41) is 2.99. The molecule has 0 aliphatic heterocycles. The molecule has 90 valence electrons. The molecule has 0 saturated heterocycles. The molecule has 0 heterocycles. The minimum Gasteiger partial charge on any atom is -0.356 e. The predicted molar refractivity (Wildman–Crippen MR) is 65.8 cm³/mol. The Morgan fingerprint density at radius 1 is 1.07 bits per heavy atom. The highest BCUT2D eigenvalue weighted by atomic mass is 16.1. The van der Waals surface area contributed by atoms with E-state index >= 15 is 0 Å². The fourth-order valence-corrected chi connectivity index (χ4v) is 1.48. The molecule has 0 radical (unpaired) electrons. The maximum absolute atomic E-state index is 11.4. The van der Waals surface area contributed by atoms with Gasteiger partial charge < -0.3 is 5.32 Å². The molecule has 0 aromatic heterocycles. The second-order valence-corrected chi connectivity index (χ2v) is 4.37. The molecule has 15 heavy (non-hydrogen) atoms. The summed E-state index contributed by atoms with van der Waals surface area (Å²) in [7, 11) is 0. The molecular weight excluding hydrogens is 186 g/mol. The topological polar surface area (TPSA) is 29.1 Å². The third-order valence-electron chi connectivity index (χ3n) is 2.89. The molecule has 0 rings (SSSR count). The van der Waals surface area contributed by atoms with Crippen LogP contribution in [0, 0.1) is 5.92 Å². The van der Waals surface area contributed by atoms with Crippen LogP contribution in [0.3, 0.4) is 0 Å². The molecule has 0 aliphatic rings. The van der Waals surface area contributed by atoms with E-state index in [1.807, 2.05) is 6.92 Å². The van der Waals surface area contributed by atoms with Crippen LogP contribution in [0.5, 0.6) is 0 Å². The third-order valence-corrected chi connectivity index (χ3v) is 2.89. The smallest absolute Gasteiger partial charge is 0.222 e. The number of nitrogens with one attached hydrogen (secondary N) is 1. The van der Waals surface area contributed by atoms with Gasteiger partial charge in [-0.2, -0.15) is 0 Å². The summed E-state index contributed by atoms with van der Waals surface area (Å²) in [5.41, 5.74) is 0. The van der Waals surface area contributed by atoms with Crippen LogP contribution in [0.15, 0.2) is 0 Å². The molecule has 0 aromatic carbocycles. The van der Waals surface area contributed by atoms with Crippen LogP contribution in [-0.2, 0) is 4.79 Å². The molecular formula is C13H27NO. The number of carbonyl (C=O) groups excluding carboxylic acids is 1. The highest BCUT2D eigenvalue weighted by Crippen LogP contribution is 2.04. The van der Waals surface area contributed by atoms with Crippen molar-refractivity contribution in [2.75, 3.05) is 6.54 Å². The minimum atomic E-state index is 0.171. The van der Waals surface area contributed by atoms with Gasteiger partial charge in [-0.1, -0.05) is 52.9 Å². The summed E-state index contributed by atoms with van der Waals surface area (Å²) in [6.45, 7) is 7.12. The summed E-state index contributed by atoms with van der Waals surface area (Å²) < 4.78 is 0. The molecule has 0 aliphatic carbocycles. The number of carbonyl (C=O) groups is 1. The molecule has 1 atom stereocenters. The van der Waals surface area contributed by atoms with Crippen LogP contribution in [0.25, 0.3) is 0 Å². The predicted octanol–water partition coefficient (Wildman–Crippen LogP) is 3.51. The maximum atomic E-state index is 11.4. The first-order chi connectivity index (χ1) is 7.22. The lowest BCUT2D eigenvalue weighted by Gasteiger charge is -2.09. The van der Waals surface area contributed by atoms with Gasteiger partial charge in [0.2, 0.25) is 5.91 Å². The van der Waals surface area contributed by atoms with Gasteiger partial charge in [-0.25, -0.2) is 0 Å². The first-order valence-corrected chi connectivity index (χ1v) is 6.50. The lowest BCUT2D eigenvalue weighted by atomic mass is 10.1. The number of hydrogen-bond acceptors (Lipinski definition) is 1. The number of rotatable bonds is 9. The molecule has 1 amide bonds. The van der Waals surface area contributed by atoms with Crippen LogP contribution in [-0.4, -0.2) is 12.5 Å². The standard InChI is InChI=1S/C13H27NO/c1-4-6-7-8-9-10-11-14-13(15)12(3)5-2/h12H,4-11H2,1-3H3,(H,14,15). The summed E-state index contributed by atoms with van der Waals surface area (Å²) in [6, 6.07) is 0. The van der Waals surface area contributed by atoms with Crippen LogP contribution >= 0.6 is 0 Å². The van der Waals surface area contributed by atoms with Gasteiger partial charge in [-0.15, -0.1) is 0 Å². The van der Waals surface area contributed by atoms with Crippen LogP contribution < -0.4 is 5.32 Å². The van der Waals surface area contributed by atoms with Gasteiger partial charge in [0.05, 0.1) is 0 Å². The van der Waals surface area contributed by atoms with E-state index in [2.05, 4.69) is 19.2 Å². The van der Waals surface area contributed by atoms with Crippen molar-refractivity contribution in [1.29, 1.82) is 0 Å². The van der Waals surface area contributed by atoms with Gasteiger partial charge in [0.1, 0.15) is 0 Å². The van der Waals surface area contributed by atoms with E-state index in [1.54, 1.807) is 0 Å². The van der Waals surface area contributed by atoms with Gasteiger partial charge in [0.15, 0.2) is 0 Å². The number of amides is 1. The molecule has 1 unspecified atom stereocenters. The summed E-state index contributed by atoms with van der Waals surface area (Å²) in [5.74, 6) is 0.385. The molecule has 0 aromatic rings. The van der Waals surface area contributed by atoms with Gasteiger partial charge in [-0.05, 0) is 12.8 Å². The van der Waals surface area contributed by atoms with Gasteiger partial charge in [0.25, 0.3) is 0 Å². The molecule has 1 N–H and O–H groups in total. The van der Waals surface area contributed by atoms with Crippen molar-refractivity contribution in [1.82, 2.24) is 5.32 Å². The van der Waals surface area contributed by atoms with Crippen LogP contribution in [0.2, 0.25) is 0 Å². The fourth-order valence-electron chi connectivity index (χ4n) is 1.48. The lowest BCUT2D eigenvalue weighted by Crippen LogP contribution is -2.29. The molecule has 2 heteroatoms. The highest BCUT2D eigenvalue weighted by Gasteiger charge is 2.08. The Morgan fingerprint density at radius 3 is 2.27 bits per heavy atom. The first kappa shape index (κ1) is 14.5. The highest BCUT2D eigenvalue weighted by molar-refractivity contribution is 5.78. The Balaban J connectivity index is 3.20. The van der Waals surface area contributed by atoms with E-state index in [1.165, 1.54) is 32.1 Å². The summed E-state index contributed by atoms with van der Waals surface area (Å²) >= 11 is 0. The summed E-state index contributed by atoms with van der Waals surface area (Å²) in [4.78, 5) is 11.4. The van der Waals surface area contributed by atoms with Crippen molar-refractivity contribution < 1.29 is 4.79 Å². The van der Waals surface area contributed by atoms with E-state index < -0.39 is 0 Å². The Kier molecular flexibility index (Phi) is 9.65. The Hall–Kier alpha value is -0.530. The SMILES string of the molecule is CCCCCCCCNC(=O)C(C)CC. The largest absolute Gasteiger partial charge is 0.356 e. The van der Waals surface area contributed by atoms with Crippen LogP contribution in [0.1, 0.15) is 65.7 Å². The number of unbranched alkanes of at least 4 members (excludes halogenated alkanes) is 5. The van der Waals surface area contributed by atoms with E-state index in [-0.39, 0.29) is 11.8 Å². The monoisotopic (exact) mass is 213 g/mol. The van der Waals surface area contributed by atoms with E-state index in [4.69, 9.17) is 0 Å². The minimum absolute atomic E-state index is 0.171. The fraction of sp³-hybridized carbons (Fsp3) is 0.923. The molecule has 2 nitrogen and oxygen atoms in total. The summed E-state index contributed by atoms with van der Waals surface area (Å²) in [6.07, 6.45) is 8.61. The average molecular weight is 213 g/mol. The average Bonchev–Trinajstić information content (AvgIpc) is 2.26. The van der Waals surface area contributed by atoms with Gasteiger partial charge >= 0.3 is 0 Å². The quantitative estimate of drug-likeness (QED) is 0.583. The van der Waals surface area contributed by atoms with Crippen molar-refractivity contribution in [3.05, 3.63) is 0 Å². The Morgan fingerprint density at radius 2 is 1.67 bits per heavy atom. The lowest BCUT2D eigenvalue weighted by molar-refractivity contribution is -0.124. The molecule has 0 spiro atoms. The van der Waals surface area contributed by atoms with Crippen molar-refractivity contribution in [3.8, 4) is 0 Å². The maximum Gasteiger partial charge on any atom is 0.222 e. The molecule has 0 fully saturated rings. The van der Waals surface area contributed by atoms with Crippen molar-refractivity contribution in [3.63, 3.8) is 0 Å². The van der Waals surface area contributed by atoms with Gasteiger partial charge in [0, 0.05) is 12.5 Å². The molecule has 0 saturated carbocycles. The van der Waals surface area contributed by atoms with E-state index in [9.17, 15) is 4.79 Å². The van der Waals surface area contributed by atoms with Crippen molar-refractivity contribution in [2.45, 2.75) is 65.7 Å². The van der Waals surface area contributed by atoms with Crippen LogP contribution in [0.4, 0.5) is 0 Å². The molecule has 0 bridgehead atoms. The first-order valence-electron chi connectivity index (χ1n) is 6.50. The van der Waals surface area contributed by atoms with Crippen molar-refractivity contribution >= 4 is 5.91 Å². The third kappa shape index (κ3) is 8.46. The normalized spacial score (nSPS) is 12.5. The zero-order valence-electron chi connectivity index (χ0n) is 10.6. The second kappa shape index (κ2) is 10.0. The van der Waals surface area contributed by atoms with E-state index in [0.717, 1.165) is 19.4 Å². The zero-order valence-corrected chi connectivity index (χ0v) is 10.6. The van der Waals surface area contributed by atoms with Gasteiger partial charge in [-0.3, -0.25) is 4.79 Å². The zero-order chi connectivity index (χ0) is 11.5. The Labute approximate surface area is 94.8 Å². The second-order valence-electron chi connectivity index (χ2n) is 4.37. The van der Waals surface area contributed by atoms with E-state index in [0.29, 0.717) is 0 Å². The number of hydrogen-bond donors (Lipinski definition) is 1.